The van der Waals surface area contributed by atoms with Crippen LogP contribution >= 0.6 is 11.6 Å². The molecule has 1 aromatic heterocycles. The molecule has 100 valence electrons. The molecule has 1 rings (SSSR count). The Kier molecular flexibility index (Phi) is 5.43. The minimum Gasteiger partial charge on any atom is -0.466 e. The number of carbonyl (C=O) groups excluding carboxylic acids is 1. The summed E-state index contributed by atoms with van der Waals surface area (Å²) in [6.07, 6.45) is -2.87. The number of nitrogens with zero attached hydrogens (tertiary/aromatic N) is 1. The smallest absolute Gasteiger partial charge is 0.311 e. The SMILES string of the molecule is CCOC(=O)Cc1cc(Cl)c(C(F)F)c(CN)n1. The molecular weight excluding hydrogens is 266 g/mol. The summed E-state index contributed by atoms with van der Waals surface area (Å²) in [4.78, 5) is 15.2. The van der Waals surface area contributed by atoms with Crippen molar-refractivity contribution in [3.63, 3.8) is 0 Å². The zero-order valence-electron chi connectivity index (χ0n) is 9.75. The van der Waals surface area contributed by atoms with E-state index < -0.39 is 12.4 Å². The second-order valence-corrected chi connectivity index (χ2v) is 3.85. The summed E-state index contributed by atoms with van der Waals surface area (Å²) in [7, 11) is 0. The van der Waals surface area contributed by atoms with Gasteiger partial charge in [-0.1, -0.05) is 11.6 Å². The molecule has 1 aromatic rings. The normalized spacial score (nSPS) is 10.8. The fourth-order valence-corrected chi connectivity index (χ4v) is 1.78. The molecule has 7 heteroatoms. The van der Waals surface area contributed by atoms with Gasteiger partial charge in [0.1, 0.15) is 0 Å². The van der Waals surface area contributed by atoms with Crippen molar-refractivity contribution in [2.24, 2.45) is 5.73 Å². The van der Waals surface area contributed by atoms with Crippen LogP contribution in [0.3, 0.4) is 0 Å². The molecule has 1 heterocycles. The lowest BCUT2D eigenvalue weighted by molar-refractivity contribution is -0.142. The van der Waals surface area contributed by atoms with Crippen molar-refractivity contribution < 1.29 is 18.3 Å². The van der Waals surface area contributed by atoms with Crippen molar-refractivity contribution in [3.05, 3.63) is 28.0 Å². The van der Waals surface area contributed by atoms with Crippen LogP contribution in [0.2, 0.25) is 5.02 Å². The Morgan fingerprint density at radius 1 is 1.61 bits per heavy atom. The Hall–Kier alpha value is -1.27. The van der Waals surface area contributed by atoms with Gasteiger partial charge in [-0.3, -0.25) is 9.78 Å². The van der Waals surface area contributed by atoms with Gasteiger partial charge in [0, 0.05) is 6.54 Å². The van der Waals surface area contributed by atoms with Gasteiger partial charge >= 0.3 is 5.97 Å². The molecule has 0 saturated carbocycles. The third-order valence-electron chi connectivity index (χ3n) is 2.18. The Balaban J connectivity index is 3.03. The zero-order chi connectivity index (χ0) is 13.7. The minimum atomic E-state index is -2.75. The van der Waals surface area contributed by atoms with Crippen molar-refractivity contribution in [3.8, 4) is 0 Å². The molecule has 0 amide bonds. The van der Waals surface area contributed by atoms with Crippen LogP contribution in [0.4, 0.5) is 8.78 Å². The lowest BCUT2D eigenvalue weighted by atomic mass is 10.1. The molecule has 0 bridgehead atoms. The third kappa shape index (κ3) is 3.61. The summed E-state index contributed by atoms with van der Waals surface area (Å²) < 4.78 is 30.2. The van der Waals surface area contributed by atoms with E-state index >= 15 is 0 Å². The summed E-state index contributed by atoms with van der Waals surface area (Å²) in [6.45, 7) is 1.74. The number of carbonyl (C=O) groups is 1. The number of pyridine rings is 1. The van der Waals surface area contributed by atoms with Crippen LogP contribution in [0.15, 0.2) is 6.07 Å². The van der Waals surface area contributed by atoms with Gasteiger partial charge in [0.2, 0.25) is 0 Å². The monoisotopic (exact) mass is 278 g/mol. The molecule has 18 heavy (non-hydrogen) atoms. The zero-order valence-corrected chi connectivity index (χ0v) is 10.5. The number of esters is 1. The molecule has 0 atom stereocenters. The van der Waals surface area contributed by atoms with Crippen LogP contribution in [0.1, 0.15) is 30.3 Å². The predicted molar refractivity (Wildman–Crippen MR) is 62.4 cm³/mol. The first kappa shape index (κ1) is 14.8. The molecule has 0 aliphatic rings. The van der Waals surface area contributed by atoms with Gasteiger partial charge in [-0.05, 0) is 13.0 Å². The minimum absolute atomic E-state index is 0.00296. The lowest BCUT2D eigenvalue weighted by Crippen LogP contribution is -2.12. The number of alkyl halides is 2. The highest BCUT2D eigenvalue weighted by Gasteiger charge is 2.19. The van der Waals surface area contributed by atoms with Gasteiger partial charge in [0.05, 0.1) is 35.0 Å². The quantitative estimate of drug-likeness (QED) is 0.839. The molecule has 0 radical (unpaired) electrons. The summed E-state index contributed by atoms with van der Waals surface area (Å²) >= 11 is 5.74. The average molecular weight is 279 g/mol. The summed E-state index contributed by atoms with van der Waals surface area (Å²) in [5.74, 6) is -0.492. The van der Waals surface area contributed by atoms with E-state index in [1.807, 2.05) is 0 Å². The van der Waals surface area contributed by atoms with Gasteiger partial charge in [0.25, 0.3) is 6.43 Å². The summed E-state index contributed by atoms with van der Waals surface area (Å²) in [5, 5.41) is -0.139. The predicted octanol–water partition coefficient (Wildman–Crippen LogP) is 2.24. The Morgan fingerprint density at radius 2 is 2.28 bits per heavy atom. The first-order valence-corrected chi connectivity index (χ1v) is 5.69. The molecule has 0 aliphatic heterocycles. The van der Waals surface area contributed by atoms with Crippen molar-refractivity contribution >= 4 is 17.6 Å². The second-order valence-electron chi connectivity index (χ2n) is 3.44. The van der Waals surface area contributed by atoms with Crippen LogP contribution in [0.25, 0.3) is 0 Å². The number of rotatable bonds is 5. The fraction of sp³-hybridized carbons (Fsp3) is 0.455. The Morgan fingerprint density at radius 3 is 2.78 bits per heavy atom. The molecule has 0 unspecified atom stereocenters. The van der Waals surface area contributed by atoms with E-state index in [2.05, 4.69) is 4.98 Å². The van der Waals surface area contributed by atoms with Crippen molar-refractivity contribution in [2.75, 3.05) is 6.61 Å². The Bertz CT molecular complexity index is 441. The van der Waals surface area contributed by atoms with Gasteiger partial charge < -0.3 is 10.5 Å². The van der Waals surface area contributed by atoms with E-state index in [9.17, 15) is 13.6 Å². The topological polar surface area (TPSA) is 65.2 Å². The van der Waals surface area contributed by atoms with Gasteiger partial charge in [0.15, 0.2) is 0 Å². The first-order valence-electron chi connectivity index (χ1n) is 5.31. The van der Waals surface area contributed by atoms with E-state index in [1.165, 1.54) is 6.07 Å². The molecule has 0 aliphatic carbocycles. The van der Waals surface area contributed by atoms with Gasteiger partial charge in [-0.25, -0.2) is 8.78 Å². The van der Waals surface area contributed by atoms with Crippen molar-refractivity contribution in [1.29, 1.82) is 0 Å². The molecule has 0 saturated heterocycles. The fourth-order valence-electron chi connectivity index (χ4n) is 1.46. The maximum atomic E-state index is 12.7. The van der Waals surface area contributed by atoms with Gasteiger partial charge in [-0.15, -0.1) is 0 Å². The largest absolute Gasteiger partial charge is 0.466 e. The van der Waals surface area contributed by atoms with Crippen LogP contribution in [-0.4, -0.2) is 17.6 Å². The molecule has 0 fully saturated rings. The second kappa shape index (κ2) is 6.61. The van der Waals surface area contributed by atoms with Crippen LogP contribution in [0, 0.1) is 0 Å². The third-order valence-corrected chi connectivity index (χ3v) is 2.50. The van der Waals surface area contributed by atoms with Gasteiger partial charge in [-0.2, -0.15) is 0 Å². The molecular formula is C11H13ClF2N2O2. The number of nitrogens with two attached hydrogens (primary N) is 1. The summed E-state index contributed by atoms with van der Waals surface area (Å²) in [5.41, 5.74) is 5.23. The number of hydrogen-bond donors (Lipinski definition) is 1. The van der Waals surface area contributed by atoms with Crippen LogP contribution in [0.5, 0.6) is 0 Å². The molecule has 2 N–H and O–H groups in total. The Labute approximate surface area is 108 Å². The first-order chi connectivity index (χ1) is 8.49. The highest BCUT2D eigenvalue weighted by Crippen LogP contribution is 2.30. The lowest BCUT2D eigenvalue weighted by Gasteiger charge is -2.11. The molecule has 0 spiro atoms. The molecule has 4 nitrogen and oxygen atoms in total. The van der Waals surface area contributed by atoms with E-state index in [4.69, 9.17) is 22.1 Å². The number of ether oxygens (including phenoxy) is 1. The van der Waals surface area contributed by atoms with E-state index in [0.717, 1.165) is 0 Å². The summed E-state index contributed by atoms with van der Waals surface area (Å²) in [6, 6.07) is 1.24. The highest BCUT2D eigenvalue weighted by atomic mass is 35.5. The van der Waals surface area contributed by atoms with Crippen LogP contribution < -0.4 is 5.73 Å². The average Bonchev–Trinajstić information content (AvgIpc) is 2.27. The number of hydrogen-bond acceptors (Lipinski definition) is 4. The van der Waals surface area contributed by atoms with Crippen molar-refractivity contribution in [2.45, 2.75) is 26.3 Å². The van der Waals surface area contributed by atoms with E-state index in [-0.39, 0.29) is 41.5 Å². The maximum Gasteiger partial charge on any atom is 0.311 e. The number of halogens is 3. The van der Waals surface area contributed by atoms with E-state index in [0.29, 0.717) is 0 Å². The molecule has 0 aromatic carbocycles. The van der Waals surface area contributed by atoms with E-state index in [1.54, 1.807) is 6.92 Å². The van der Waals surface area contributed by atoms with Crippen molar-refractivity contribution in [1.82, 2.24) is 4.98 Å². The maximum absolute atomic E-state index is 12.7. The highest BCUT2D eigenvalue weighted by molar-refractivity contribution is 6.31. The number of aromatic nitrogens is 1. The standard InChI is InChI=1S/C11H13ClF2N2O2/c1-2-18-9(17)4-6-3-7(12)10(11(13)14)8(5-15)16-6/h3,11H,2,4-5,15H2,1H3. The van der Waals surface area contributed by atoms with Crippen LogP contribution in [-0.2, 0) is 22.5 Å².